The molecule has 1 aliphatic rings. The van der Waals surface area contributed by atoms with Gasteiger partial charge in [-0.3, -0.25) is 4.79 Å². The molecule has 0 aliphatic heterocycles. The summed E-state index contributed by atoms with van der Waals surface area (Å²) in [5, 5.41) is 12.0. The third kappa shape index (κ3) is 3.95. The monoisotopic (exact) mass is 285 g/mol. The molecule has 1 fully saturated rings. The highest BCUT2D eigenvalue weighted by Gasteiger charge is 2.22. The van der Waals surface area contributed by atoms with Crippen LogP contribution in [0.15, 0.2) is 4.34 Å². The molecule has 1 saturated carbocycles. The van der Waals surface area contributed by atoms with Gasteiger partial charge in [0.2, 0.25) is 5.91 Å². The molecule has 1 aromatic rings. The SMILES string of the molecule is Cc1nnc(SCC(=O)N[C@@H]2CCCC[C@H]2C)s1. The summed E-state index contributed by atoms with van der Waals surface area (Å²) in [6.45, 7) is 4.15. The Kier molecular flexibility index (Phi) is 5.00. The van der Waals surface area contributed by atoms with Gasteiger partial charge < -0.3 is 5.32 Å². The third-order valence-corrected chi connectivity index (χ3v) is 5.26. The van der Waals surface area contributed by atoms with Crippen LogP contribution < -0.4 is 5.32 Å². The molecular formula is C12H19N3OS2. The minimum absolute atomic E-state index is 0.117. The number of carbonyl (C=O) groups excluding carboxylic acids is 1. The van der Waals surface area contributed by atoms with Gasteiger partial charge in [-0.25, -0.2) is 0 Å². The second kappa shape index (κ2) is 6.52. The Morgan fingerprint density at radius 2 is 2.22 bits per heavy atom. The topological polar surface area (TPSA) is 54.9 Å². The molecule has 0 bridgehead atoms. The Morgan fingerprint density at radius 1 is 1.44 bits per heavy atom. The third-order valence-electron chi connectivity index (χ3n) is 3.29. The van der Waals surface area contributed by atoms with E-state index in [0.29, 0.717) is 17.7 Å². The summed E-state index contributed by atoms with van der Waals surface area (Å²) >= 11 is 3.01. The number of aromatic nitrogens is 2. The Labute approximate surface area is 116 Å². The molecule has 1 amide bonds. The molecule has 2 atom stereocenters. The van der Waals surface area contributed by atoms with E-state index in [-0.39, 0.29) is 5.91 Å². The van der Waals surface area contributed by atoms with E-state index < -0.39 is 0 Å². The number of hydrogen-bond acceptors (Lipinski definition) is 5. The van der Waals surface area contributed by atoms with Crippen molar-refractivity contribution >= 4 is 29.0 Å². The lowest BCUT2D eigenvalue weighted by Gasteiger charge is -2.29. The molecule has 1 N–H and O–H groups in total. The summed E-state index contributed by atoms with van der Waals surface area (Å²) in [5.41, 5.74) is 0. The van der Waals surface area contributed by atoms with Crippen LogP contribution in [-0.2, 0) is 4.79 Å². The number of thioether (sulfide) groups is 1. The maximum absolute atomic E-state index is 11.9. The summed E-state index contributed by atoms with van der Waals surface area (Å²) in [7, 11) is 0. The fourth-order valence-corrected chi connectivity index (χ4v) is 3.87. The van der Waals surface area contributed by atoms with Gasteiger partial charge in [0.15, 0.2) is 4.34 Å². The highest BCUT2D eigenvalue weighted by Crippen LogP contribution is 2.25. The van der Waals surface area contributed by atoms with Crippen molar-refractivity contribution in [2.45, 2.75) is 49.9 Å². The van der Waals surface area contributed by atoms with Crippen LogP contribution in [-0.4, -0.2) is 27.9 Å². The molecule has 0 radical (unpaired) electrons. The molecule has 2 rings (SSSR count). The number of aryl methyl sites for hydroxylation is 1. The molecule has 0 spiro atoms. The lowest BCUT2D eigenvalue weighted by molar-refractivity contribution is -0.119. The van der Waals surface area contributed by atoms with E-state index >= 15 is 0 Å². The van der Waals surface area contributed by atoms with Crippen LogP contribution in [0.4, 0.5) is 0 Å². The number of amides is 1. The van der Waals surface area contributed by atoms with E-state index in [0.717, 1.165) is 15.8 Å². The number of hydrogen-bond donors (Lipinski definition) is 1. The van der Waals surface area contributed by atoms with Gasteiger partial charge in [0.1, 0.15) is 5.01 Å². The van der Waals surface area contributed by atoms with Crippen LogP contribution in [0.5, 0.6) is 0 Å². The first kappa shape index (κ1) is 13.8. The van der Waals surface area contributed by atoms with Crippen molar-refractivity contribution < 1.29 is 4.79 Å². The van der Waals surface area contributed by atoms with Crippen LogP contribution in [0.3, 0.4) is 0 Å². The minimum Gasteiger partial charge on any atom is -0.352 e. The molecule has 0 saturated heterocycles. The number of rotatable bonds is 4. The first-order valence-electron chi connectivity index (χ1n) is 6.37. The molecule has 100 valence electrons. The van der Waals surface area contributed by atoms with E-state index in [4.69, 9.17) is 0 Å². The van der Waals surface area contributed by atoms with Crippen molar-refractivity contribution in [2.24, 2.45) is 5.92 Å². The van der Waals surface area contributed by atoms with Crippen molar-refractivity contribution in [2.75, 3.05) is 5.75 Å². The van der Waals surface area contributed by atoms with Crippen LogP contribution in [0.25, 0.3) is 0 Å². The van der Waals surface area contributed by atoms with E-state index in [1.54, 1.807) is 0 Å². The van der Waals surface area contributed by atoms with E-state index in [2.05, 4.69) is 22.4 Å². The average Bonchev–Trinajstić information content (AvgIpc) is 2.76. The fourth-order valence-electron chi connectivity index (χ4n) is 2.24. The summed E-state index contributed by atoms with van der Waals surface area (Å²) in [6.07, 6.45) is 4.88. The number of nitrogens with one attached hydrogen (secondary N) is 1. The maximum Gasteiger partial charge on any atom is 0.230 e. The Morgan fingerprint density at radius 3 is 2.89 bits per heavy atom. The molecule has 1 aromatic heterocycles. The largest absolute Gasteiger partial charge is 0.352 e. The smallest absolute Gasteiger partial charge is 0.230 e. The number of carbonyl (C=O) groups is 1. The van der Waals surface area contributed by atoms with Gasteiger partial charge in [-0.15, -0.1) is 10.2 Å². The van der Waals surface area contributed by atoms with Gasteiger partial charge >= 0.3 is 0 Å². The van der Waals surface area contributed by atoms with E-state index in [9.17, 15) is 4.79 Å². The summed E-state index contributed by atoms with van der Waals surface area (Å²) < 4.78 is 0.874. The van der Waals surface area contributed by atoms with Crippen molar-refractivity contribution in [1.82, 2.24) is 15.5 Å². The van der Waals surface area contributed by atoms with Crippen LogP contribution in [0.1, 0.15) is 37.6 Å². The molecule has 1 heterocycles. The van der Waals surface area contributed by atoms with Crippen molar-refractivity contribution in [3.05, 3.63) is 5.01 Å². The van der Waals surface area contributed by atoms with Crippen LogP contribution in [0, 0.1) is 12.8 Å². The van der Waals surface area contributed by atoms with E-state index in [1.807, 2.05) is 6.92 Å². The molecule has 4 nitrogen and oxygen atoms in total. The Hall–Kier alpha value is -0.620. The van der Waals surface area contributed by atoms with Gasteiger partial charge in [0.05, 0.1) is 5.75 Å². The van der Waals surface area contributed by atoms with Crippen molar-refractivity contribution in [1.29, 1.82) is 0 Å². The average molecular weight is 285 g/mol. The zero-order valence-corrected chi connectivity index (χ0v) is 12.4. The highest BCUT2D eigenvalue weighted by molar-refractivity contribution is 8.01. The van der Waals surface area contributed by atoms with Crippen LogP contribution in [0.2, 0.25) is 0 Å². The van der Waals surface area contributed by atoms with Crippen molar-refractivity contribution in [3.8, 4) is 0 Å². The lowest BCUT2D eigenvalue weighted by Crippen LogP contribution is -2.41. The minimum atomic E-state index is 0.117. The molecular weight excluding hydrogens is 266 g/mol. The zero-order valence-electron chi connectivity index (χ0n) is 10.8. The first-order valence-corrected chi connectivity index (χ1v) is 8.17. The Balaban J connectivity index is 1.74. The summed E-state index contributed by atoms with van der Waals surface area (Å²) in [4.78, 5) is 11.9. The zero-order chi connectivity index (χ0) is 13.0. The van der Waals surface area contributed by atoms with Gasteiger partial charge in [-0.1, -0.05) is 42.9 Å². The van der Waals surface area contributed by atoms with Gasteiger partial charge in [-0.05, 0) is 25.7 Å². The first-order chi connectivity index (χ1) is 8.65. The highest BCUT2D eigenvalue weighted by atomic mass is 32.2. The molecule has 1 aliphatic carbocycles. The van der Waals surface area contributed by atoms with Gasteiger partial charge in [0.25, 0.3) is 0 Å². The second-order valence-electron chi connectivity index (χ2n) is 4.81. The fraction of sp³-hybridized carbons (Fsp3) is 0.750. The van der Waals surface area contributed by atoms with Crippen LogP contribution >= 0.6 is 23.1 Å². The quantitative estimate of drug-likeness (QED) is 0.864. The molecule has 18 heavy (non-hydrogen) atoms. The Bertz CT molecular complexity index is 408. The normalized spacial score (nSPS) is 23.9. The lowest BCUT2D eigenvalue weighted by atomic mass is 9.86. The van der Waals surface area contributed by atoms with Gasteiger partial charge in [-0.2, -0.15) is 0 Å². The van der Waals surface area contributed by atoms with E-state index in [1.165, 1.54) is 42.4 Å². The molecule has 0 unspecified atom stereocenters. The van der Waals surface area contributed by atoms with Crippen molar-refractivity contribution in [3.63, 3.8) is 0 Å². The summed E-state index contributed by atoms with van der Waals surface area (Å²) in [6, 6.07) is 0.364. The molecule has 0 aromatic carbocycles. The standard InChI is InChI=1S/C12H19N3OS2/c1-8-5-3-4-6-10(8)13-11(16)7-17-12-15-14-9(2)18-12/h8,10H,3-7H2,1-2H3,(H,13,16)/t8-,10-/m1/s1. The van der Waals surface area contributed by atoms with Gasteiger partial charge in [0, 0.05) is 6.04 Å². The predicted octanol–water partition coefficient (Wildman–Crippen LogP) is 2.63. The number of nitrogens with zero attached hydrogens (tertiary/aromatic N) is 2. The maximum atomic E-state index is 11.9. The predicted molar refractivity (Wildman–Crippen MR) is 74.9 cm³/mol. The second-order valence-corrected chi connectivity index (χ2v) is 7.22. The summed E-state index contributed by atoms with van der Waals surface area (Å²) in [5.74, 6) is 1.17. The molecule has 6 heteroatoms.